The molecule has 0 aliphatic carbocycles. The predicted octanol–water partition coefficient (Wildman–Crippen LogP) is 3.80. The Morgan fingerprint density at radius 1 is 0.609 bits per heavy atom. The lowest BCUT2D eigenvalue weighted by atomic mass is 9.69. The normalized spacial score (nSPS) is 14.2. The van der Waals surface area contributed by atoms with E-state index in [1.807, 2.05) is 97.9 Å². The summed E-state index contributed by atoms with van der Waals surface area (Å²) in [6.45, 7) is 1.88. The first-order valence-corrected chi connectivity index (χ1v) is 7.74. The van der Waals surface area contributed by atoms with Crippen molar-refractivity contribution < 1.29 is 5.11 Å². The van der Waals surface area contributed by atoms with Crippen molar-refractivity contribution in [2.75, 3.05) is 0 Å². The summed E-state index contributed by atoms with van der Waals surface area (Å²) in [7, 11) is 0. The van der Waals surface area contributed by atoms with E-state index >= 15 is 0 Å². The Balaban J connectivity index is 2.25. The molecule has 2 heteroatoms. The van der Waals surface area contributed by atoms with E-state index in [1.54, 1.807) is 0 Å². The van der Waals surface area contributed by atoms with Crippen molar-refractivity contribution in [1.29, 1.82) is 0 Å². The number of rotatable bonds is 4. The minimum Gasteiger partial charge on any atom is -0.378 e. The molecule has 3 N–H and O–H groups in total. The fraction of sp³-hybridized carbons (Fsp3) is 0.143. The number of benzene rings is 3. The standard InChI is InChI=1S/C21H21NO/c1-20(22,17-11-5-2-6-12-17)21(23,18-13-7-3-8-14-18)19-15-9-4-10-16-19/h2-16,23H,22H2,1H3/t20-/m1/s1. The first-order valence-electron chi connectivity index (χ1n) is 7.74. The topological polar surface area (TPSA) is 46.2 Å². The average Bonchev–Trinajstić information content (AvgIpc) is 2.63. The number of hydrogen-bond donors (Lipinski definition) is 2. The van der Waals surface area contributed by atoms with Crippen LogP contribution in [0.1, 0.15) is 23.6 Å². The molecule has 0 aromatic heterocycles. The number of nitrogens with two attached hydrogens (primary N) is 1. The molecule has 0 saturated heterocycles. The van der Waals surface area contributed by atoms with Crippen LogP contribution in [0.3, 0.4) is 0 Å². The molecular formula is C21H21NO. The molecule has 116 valence electrons. The minimum atomic E-state index is -1.34. The maximum Gasteiger partial charge on any atom is 0.136 e. The third-order valence-corrected chi connectivity index (χ3v) is 4.51. The Hall–Kier alpha value is -2.42. The van der Waals surface area contributed by atoms with Gasteiger partial charge < -0.3 is 10.8 Å². The Kier molecular flexibility index (Phi) is 4.03. The molecule has 2 nitrogen and oxygen atoms in total. The second-order valence-corrected chi connectivity index (χ2v) is 6.01. The van der Waals surface area contributed by atoms with Crippen LogP contribution in [-0.2, 0) is 11.1 Å². The van der Waals surface area contributed by atoms with Crippen molar-refractivity contribution in [2.45, 2.75) is 18.1 Å². The zero-order chi connectivity index (χ0) is 16.3. The van der Waals surface area contributed by atoms with Crippen molar-refractivity contribution in [2.24, 2.45) is 5.73 Å². The molecule has 0 saturated carbocycles. The predicted molar refractivity (Wildman–Crippen MR) is 93.9 cm³/mol. The Bertz CT molecular complexity index is 712. The summed E-state index contributed by atoms with van der Waals surface area (Å²) >= 11 is 0. The molecule has 23 heavy (non-hydrogen) atoms. The molecule has 0 radical (unpaired) electrons. The van der Waals surface area contributed by atoms with E-state index in [9.17, 15) is 5.11 Å². The first-order chi connectivity index (χ1) is 11.1. The van der Waals surface area contributed by atoms with Crippen LogP contribution in [0.2, 0.25) is 0 Å². The van der Waals surface area contributed by atoms with E-state index < -0.39 is 11.1 Å². The lowest BCUT2D eigenvalue weighted by Gasteiger charge is -2.43. The molecule has 3 aromatic rings. The summed E-state index contributed by atoms with van der Waals surface area (Å²) in [6, 6.07) is 29.0. The maximum absolute atomic E-state index is 11.8. The molecule has 0 amide bonds. The zero-order valence-corrected chi connectivity index (χ0v) is 13.2. The SMILES string of the molecule is C[C@@](N)(c1ccccc1)C(O)(c1ccccc1)c1ccccc1. The van der Waals surface area contributed by atoms with E-state index in [-0.39, 0.29) is 0 Å². The third kappa shape index (κ3) is 2.56. The Morgan fingerprint density at radius 2 is 0.913 bits per heavy atom. The van der Waals surface area contributed by atoms with Gasteiger partial charge in [-0.3, -0.25) is 0 Å². The van der Waals surface area contributed by atoms with Gasteiger partial charge in [-0.05, 0) is 23.6 Å². The molecule has 0 bridgehead atoms. The average molecular weight is 303 g/mol. The molecule has 3 aromatic carbocycles. The molecule has 0 unspecified atom stereocenters. The van der Waals surface area contributed by atoms with Gasteiger partial charge in [0.05, 0.1) is 5.54 Å². The minimum absolute atomic E-state index is 0.778. The molecule has 0 aliphatic heterocycles. The highest BCUT2D eigenvalue weighted by Crippen LogP contribution is 2.43. The van der Waals surface area contributed by atoms with Crippen LogP contribution >= 0.6 is 0 Å². The van der Waals surface area contributed by atoms with E-state index in [0.29, 0.717) is 0 Å². The molecule has 0 fully saturated rings. The molecule has 0 aliphatic rings. The Labute approximate surface area is 137 Å². The molecule has 0 spiro atoms. The van der Waals surface area contributed by atoms with Crippen molar-refractivity contribution in [1.82, 2.24) is 0 Å². The van der Waals surface area contributed by atoms with Crippen LogP contribution in [0.5, 0.6) is 0 Å². The highest BCUT2D eigenvalue weighted by molar-refractivity contribution is 5.44. The number of aliphatic hydroxyl groups is 1. The van der Waals surface area contributed by atoms with Crippen LogP contribution in [0.25, 0.3) is 0 Å². The van der Waals surface area contributed by atoms with Gasteiger partial charge in [0, 0.05) is 0 Å². The molecule has 3 rings (SSSR count). The van der Waals surface area contributed by atoms with Crippen LogP contribution in [-0.4, -0.2) is 5.11 Å². The van der Waals surface area contributed by atoms with Gasteiger partial charge in [-0.25, -0.2) is 0 Å². The van der Waals surface area contributed by atoms with Crippen molar-refractivity contribution in [3.63, 3.8) is 0 Å². The highest BCUT2D eigenvalue weighted by atomic mass is 16.3. The monoisotopic (exact) mass is 303 g/mol. The van der Waals surface area contributed by atoms with Crippen LogP contribution < -0.4 is 5.73 Å². The summed E-state index contributed by atoms with van der Waals surface area (Å²) in [5.74, 6) is 0. The van der Waals surface area contributed by atoms with Crippen molar-refractivity contribution in [3.8, 4) is 0 Å². The third-order valence-electron chi connectivity index (χ3n) is 4.51. The summed E-state index contributed by atoms with van der Waals surface area (Å²) in [4.78, 5) is 0. The first kappa shape index (κ1) is 15.5. The van der Waals surface area contributed by atoms with Gasteiger partial charge >= 0.3 is 0 Å². The van der Waals surface area contributed by atoms with Crippen LogP contribution in [0.4, 0.5) is 0 Å². The summed E-state index contributed by atoms with van der Waals surface area (Å²) in [6.07, 6.45) is 0. The van der Waals surface area contributed by atoms with Gasteiger partial charge in [0.25, 0.3) is 0 Å². The van der Waals surface area contributed by atoms with Gasteiger partial charge in [-0.1, -0.05) is 91.0 Å². The van der Waals surface area contributed by atoms with Gasteiger partial charge in [0.2, 0.25) is 0 Å². The van der Waals surface area contributed by atoms with Crippen molar-refractivity contribution >= 4 is 0 Å². The van der Waals surface area contributed by atoms with Gasteiger partial charge in [0.1, 0.15) is 5.60 Å². The summed E-state index contributed by atoms with van der Waals surface area (Å²) < 4.78 is 0. The fourth-order valence-corrected chi connectivity index (χ4v) is 3.12. The van der Waals surface area contributed by atoms with Crippen LogP contribution in [0.15, 0.2) is 91.0 Å². The van der Waals surface area contributed by atoms with E-state index in [0.717, 1.165) is 16.7 Å². The quantitative estimate of drug-likeness (QED) is 0.770. The highest BCUT2D eigenvalue weighted by Gasteiger charge is 2.48. The molecular weight excluding hydrogens is 282 g/mol. The number of hydrogen-bond acceptors (Lipinski definition) is 2. The molecule has 0 heterocycles. The second-order valence-electron chi connectivity index (χ2n) is 6.01. The summed E-state index contributed by atoms with van der Waals surface area (Å²) in [5, 5.41) is 11.8. The maximum atomic E-state index is 11.8. The van der Waals surface area contributed by atoms with E-state index in [1.165, 1.54) is 0 Å². The largest absolute Gasteiger partial charge is 0.378 e. The lowest BCUT2D eigenvalue weighted by Crippen LogP contribution is -2.54. The van der Waals surface area contributed by atoms with Gasteiger partial charge in [-0.15, -0.1) is 0 Å². The smallest absolute Gasteiger partial charge is 0.136 e. The van der Waals surface area contributed by atoms with Gasteiger partial charge in [0.15, 0.2) is 0 Å². The molecule has 1 atom stereocenters. The van der Waals surface area contributed by atoms with E-state index in [4.69, 9.17) is 5.73 Å². The fourth-order valence-electron chi connectivity index (χ4n) is 3.12. The van der Waals surface area contributed by atoms with Gasteiger partial charge in [-0.2, -0.15) is 0 Å². The summed E-state index contributed by atoms with van der Waals surface area (Å²) in [5.41, 5.74) is 6.85. The Morgan fingerprint density at radius 3 is 1.26 bits per heavy atom. The van der Waals surface area contributed by atoms with Crippen LogP contribution in [0, 0.1) is 0 Å². The van der Waals surface area contributed by atoms with Crippen molar-refractivity contribution in [3.05, 3.63) is 108 Å². The lowest BCUT2D eigenvalue weighted by molar-refractivity contribution is 0.00216. The zero-order valence-electron chi connectivity index (χ0n) is 13.2. The van der Waals surface area contributed by atoms with E-state index in [2.05, 4.69) is 0 Å². The second kappa shape index (κ2) is 5.99.